The predicted molar refractivity (Wildman–Crippen MR) is 115 cm³/mol. The Kier molecular flexibility index (Phi) is 6.59. The molecule has 1 aliphatic rings. The van der Waals surface area contributed by atoms with Crippen molar-refractivity contribution in [2.75, 3.05) is 25.5 Å². The second-order valence-corrected chi connectivity index (χ2v) is 9.24. The fourth-order valence-electron chi connectivity index (χ4n) is 3.05. The minimum atomic E-state index is -0.519. The fourth-order valence-corrected chi connectivity index (χ4v) is 4.10. The minimum absolute atomic E-state index is 0.196. The topological polar surface area (TPSA) is 67.9 Å². The molecule has 0 saturated carbocycles. The molecule has 0 unspecified atom stereocenters. The Morgan fingerprint density at radius 2 is 1.79 bits per heavy atom. The lowest BCUT2D eigenvalue weighted by atomic mass is 9.98. The Morgan fingerprint density at radius 1 is 1.14 bits per heavy atom. The van der Waals surface area contributed by atoms with Crippen LogP contribution >= 0.6 is 11.3 Å². The minimum Gasteiger partial charge on any atom is -0.465 e. The Morgan fingerprint density at radius 3 is 2.38 bits per heavy atom. The van der Waals surface area contributed by atoms with E-state index in [0.717, 1.165) is 29.0 Å². The van der Waals surface area contributed by atoms with Gasteiger partial charge in [-0.2, -0.15) is 0 Å². The largest absolute Gasteiger partial charge is 0.465 e. The number of hydroxylamine groups is 2. The van der Waals surface area contributed by atoms with Crippen LogP contribution in [0.15, 0.2) is 36.4 Å². The van der Waals surface area contributed by atoms with E-state index in [4.69, 9.17) is 9.57 Å². The van der Waals surface area contributed by atoms with Crippen molar-refractivity contribution in [2.24, 2.45) is 5.41 Å². The van der Waals surface area contributed by atoms with Crippen molar-refractivity contribution in [2.45, 2.75) is 39.7 Å². The molecule has 0 aliphatic carbocycles. The molecule has 2 aromatic rings. The first-order valence-electron chi connectivity index (χ1n) is 9.79. The molecule has 0 amide bonds. The highest BCUT2D eigenvalue weighted by atomic mass is 32.1. The summed E-state index contributed by atoms with van der Waals surface area (Å²) < 4.78 is 4.97. The van der Waals surface area contributed by atoms with Gasteiger partial charge in [0.1, 0.15) is 4.88 Å². The highest BCUT2D eigenvalue weighted by Crippen LogP contribution is 2.36. The lowest BCUT2D eigenvalue weighted by molar-refractivity contribution is -0.204. The van der Waals surface area contributed by atoms with Crippen molar-refractivity contribution in [3.05, 3.63) is 41.3 Å². The van der Waals surface area contributed by atoms with Crippen molar-refractivity contribution >= 4 is 29.0 Å². The number of hydrogen-bond donors (Lipinski definition) is 1. The van der Waals surface area contributed by atoms with Crippen molar-refractivity contribution in [1.29, 1.82) is 0 Å². The maximum atomic E-state index is 12.3. The number of esters is 1. The number of nitrogens with zero attached hydrogens (tertiary/aromatic N) is 1. The fraction of sp³-hybridized carbons (Fsp3) is 0.455. The number of benzene rings is 1. The van der Waals surface area contributed by atoms with E-state index < -0.39 is 5.41 Å². The number of carbonyl (C=O) groups is 2. The molecule has 0 atom stereocenters. The number of ether oxygens (including phenoxy) is 1. The van der Waals surface area contributed by atoms with E-state index in [1.807, 2.05) is 57.2 Å². The average Bonchev–Trinajstić information content (AvgIpc) is 3.12. The molecular formula is C22H28N2O4S. The van der Waals surface area contributed by atoms with E-state index in [0.29, 0.717) is 18.0 Å². The summed E-state index contributed by atoms with van der Waals surface area (Å²) in [6.45, 7) is 6.85. The first kappa shape index (κ1) is 21.3. The second kappa shape index (κ2) is 8.97. The van der Waals surface area contributed by atoms with E-state index in [9.17, 15) is 9.59 Å². The van der Waals surface area contributed by atoms with Crippen molar-refractivity contribution in [3.8, 4) is 10.4 Å². The first-order chi connectivity index (χ1) is 13.8. The Balaban J connectivity index is 1.67. The van der Waals surface area contributed by atoms with Crippen molar-refractivity contribution < 1.29 is 19.2 Å². The average molecular weight is 417 g/mol. The van der Waals surface area contributed by atoms with Crippen LogP contribution in [0.1, 0.15) is 43.3 Å². The van der Waals surface area contributed by atoms with Gasteiger partial charge in [-0.1, -0.05) is 30.3 Å². The lowest BCUT2D eigenvalue weighted by Gasteiger charge is -2.32. The SMILES string of the molecule is COC(=O)c1sc(-c2ccccc2)cc1NC1CCN(OC(=O)C(C)(C)C)CC1. The van der Waals surface area contributed by atoms with E-state index in [1.54, 1.807) is 5.06 Å². The van der Waals surface area contributed by atoms with Gasteiger partial charge in [-0.15, -0.1) is 16.4 Å². The number of hydrogen-bond acceptors (Lipinski definition) is 7. The summed E-state index contributed by atoms with van der Waals surface area (Å²) in [6, 6.07) is 12.2. The van der Waals surface area contributed by atoms with E-state index in [2.05, 4.69) is 5.32 Å². The smallest absolute Gasteiger partial charge is 0.350 e. The zero-order valence-electron chi connectivity index (χ0n) is 17.4. The van der Waals surface area contributed by atoms with Crippen LogP contribution in [0, 0.1) is 5.41 Å². The van der Waals surface area contributed by atoms with Crippen molar-refractivity contribution in [3.63, 3.8) is 0 Å². The number of thiophene rings is 1. The van der Waals surface area contributed by atoms with Crippen molar-refractivity contribution in [1.82, 2.24) is 5.06 Å². The number of methoxy groups -OCH3 is 1. The molecule has 1 saturated heterocycles. The third-order valence-electron chi connectivity index (χ3n) is 4.80. The highest BCUT2D eigenvalue weighted by molar-refractivity contribution is 7.18. The van der Waals surface area contributed by atoms with Crippen LogP contribution < -0.4 is 5.32 Å². The van der Waals surface area contributed by atoms with Crippen LogP contribution in [0.25, 0.3) is 10.4 Å². The van der Waals surface area contributed by atoms with Gasteiger partial charge >= 0.3 is 11.9 Å². The molecule has 1 fully saturated rings. The molecule has 0 radical (unpaired) electrons. The lowest BCUT2D eigenvalue weighted by Crippen LogP contribution is -2.42. The Hall–Kier alpha value is -2.38. The van der Waals surface area contributed by atoms with Crippen LogP contribution in [0.2, 0.25) is 0 Å². The summed E-state index contributed by atoms with van der Waals surface area (Å²) >= 11 is 1.43. The first-order valence-corrected chi connectivity index (χ1v) is 10.6. The van der Waals surface area contributed by atoms with Crippen LogP contribution in [0.5, 0.6) is 0 Å². The zero-order chi connectivity index (χ0) is 21.0. The number of rotatable bonds is 5. The van der Waals surface area contributed by atoms with Crippen LogP contribution in [0.4, 0.5) is 5.69 Å². The van der Waals surface area contributed by atoms with Crippen LogP contribution in [0.3, 0.4) is 0 Å². The number of carbonyl (C=O) groups excluding carboxylic acids is 2. The number of anilines is 1. The predicted octanol–water partition coefficient (Wildman–Crippen LogP) is 4.58. The molecule has 1 aliphatic heterocycles. The molecule has 29 heavy (non-hydrogen) atoms. The zero-order valence-corrected chi connectivity index (χ0v) is 18.2. The van der Waals surface area contributed by atoms with Gasteiger partial charge < -0.3 is 14.9 Å². The summed E-state index contributed by atoms with van der Waals surface area (Å²) in [5.41, 5.74) is 1.35. The quantitative estimate of drug-likeness (QED) is 0.720. The maximum Gasteiger partial charge on any atom is 0.350 e. The standard InChI is InChI=1S/C22H28N2O4S/c1-22(2,3)21(26)28-24-12-10-16(11-13-24)23-17-14-18(15-8-6-5-7-9-15)29-19(17)20(25)27-4/h5-9,14,16,23H,10-13H2,1-4H3. The van der Waals surface area contributed by atoms with E-state index in [-0.39, 0.29) is 18.0 Å². The summed E-state index contributed by atoms with van der Waals surface area (Å²) in [6.07, 6.45) is 1.63. The van der Waals surface area contributed by atoms with Gasteiger partial charge in [0.2, 0.25) is 0 Å². The van der Waals surface area contributed by atoms with E-state index >= 15 is 0 Å². The molecule has 0 bridgehead atoms. The molecule has 1 aromatic heterocycles. The number of nitrogens with one attached hydrogen (secondary N) is 1. The molecule has 6 nitrogen and oxygen atoms in total. The van der Waals surface area contributed by atoms with Gasteiger partial charge in [0, 0.05) is 24.0 Å². The molecule has 1 N–H and O–H groups in total. The van der Waals surface area contributed by atoms with Gasteiger partial charge in [0.05, 0.1) is 18.2 Å². The molecule has 156 valence electrons. The molecule has 3 rings (SSSR count). The maximum absolute atomic E-state index is 12.3. The van der Waals surface area contributed by atoms with E-state index in [1.165, 1.54) is 18.4 Å². The molecule has 0 spiro atoms. The second-order valence-electron chi connectivity index (χ2n) is 8.19. The monoisotopic (exact) mass is 416 g/mol. The van der Waals surface area contributed by atoms with Crippen LogP contribution in [-0.4, -0.2) is 43.2 Å². The molecular weight excluding hydrogens is 388 g/mol. The molecule has 1 aromatic carbocycles. The van der Waals surface area contributed by atoms with Gasteiger partial charge in [-0.25, -0.2) is 9.59 Å². The molecule has 2 heterocycles. The summed E-state index contributed by atoms with van der Waals surface area (Å²) in [7, 11) is 1.40. The third kappa shape index (κ3) is 5.36. The Bertz CT molecular complexity index is 849. The van der Waals surface area contributed by atoms with Gasteiger partial charge in [-0.05, 0) is 45.2 Å². The van der Waals surface area contributed by atoms with Crippen LogP contribution in [-0.2, 0) is 14.4 Å². The summed E-state index contributed by atoms with van der Waals surface area (Å²) in [5.74, 6) is -0.557. The summed E-state index contributed by atoms with van der Waals surface area (Å²) in [5, 5.41) is 5.23. The molecule has 7 heteroatoms. The Labute approximate surface area is 175 Å². The normalized spacial score (nSPS) is 15.7. The third-order valence-corrected chi connectivity index (χ3v) is 5.96. The number of piperidine rings is 1. The summed E-state index contributed by atoms with van der Waals surface area (Å²) in [4.78, 5) is 31.4. The van der Waals surface area contributed by atoms with Gasteiger partial charge in [0.15, 0.2) is 0 Å². The van der Waals surface area contributed by atoms with Gasteiger partial charge in [0.25, 0.3) is 0 Å². The highest BCUT2D eigenvalue weighted by Gasteiger charge is 2.29. The van der Waals surface area contributed by atoms with Gasteiger partial charge in [-0.3, -0.25) is 0 Å².